The first-order chi connectivity index (χ1) is 12.0. The van der Waals surface area contributed by atoms with Crippen LogP contribution in [0.4, 0.5) is 0 Å². The fourth-order valence-electron chi connectivity index (χ4n) is 3.61. The Hall–Kier alpha value is -0.723. The number of likely N-dealkylation sites (tertiary alicyclic amines) is 1. The molecule has 0 bridgehead atoms. The fourth-order valence-corrected chi connectivity index (χ4v) is 4.64. The van der Waals surface area contributed by atoms with Gasteiger partial charge in [0, 0.05) is 13.1 Å². The van der Waals surface area contributed by atoms with Crippen LogP contribution in [0.15, 0.2) is 30.3 Å². The molecule has 1 aromatic carbocycles. The van der Waals surface area contributed by atoms with E-state index < -0.39 is 14.1 Å². The van der Waals surface area contributed by atoms with Crippen molar-refractivity contribution in [3.05, 3.63) is 35.9 Å². The highest BCUT2D eigenvalue weighted by atomic mass is 28.4. The van der Waals surface area contributed by atoms with Crippen molar-refractivity contribution in [3.63, 3.8) is 0 Å². The SMILES string of the molecule is CC1(C)O[C@H]2[C@H](CN(Cc3ccccc3)[C@@H]2CO[Si](C)(C)C(C)(C)C)O1. The van der Waals surface area contributed by atoms with Crippen LogP contribution in [0.3, 0.4) is 0 Å². The average Bonchev–Trinajstić information content (AvgIpc) is 2.96. The van der Waals surface area contributed by atoms with Crippen LogP contribution < -0.4 is 0 Å². The van der Waals surface area contributed by atoms with Crippen molar-refractivity contribution in [3.8, 4) is 0 Å². The number of fused-ring (bicyclic) bond motifs is 1. The zero-order valence-corrected chi connectivity index (χ0v) is 18.4. The van der Waals surface area contributed by atoms with Crippen molar-refractivity contribution >= 4 is 8.32 Å². The van der Waals surface area contributed by atoms with Gasteiger partial charge in [-0.15, -0.1) is 0 Å². The molecule has 2 fully saturated rings. The van der Waals surface area contributed by atoms with Gasteiger partial charge in [-0.25, -0.2) is 0 Å². The van der Waals surface area contributed by atoms with Crippen molar-refractivity contribution < 1.29 is 13.9 Å². The molecule has 0 N–H and O–H groups in total. The van der Waals surface area contributed by atoms with Crippen LogP contribution in [-0.4, -0.2) is 50.4 Å². The largest absolute Gasteiger partial charge is 0.415 e. The van der Waals surface area contributed by atoms with Gasteiger partial charge in [-0.3, -0.25) is 4.90 Å². The van der Waals surface area contributed by atoms with Crippen molar-refractivity contribution in [2.75, 3.05) is 13.2 Å². The lowest BCUT2D eigenvalue weighted by Gasteiger charge is -2.38. The summed E-state index contributed by atoms with van der Waals surface area (Å²) in [4.78, 5) is 2.48. The summed E-state index contributed by atoms with van der Waals surface area (Å²) < 4.78 is 19.0. The summed E-state index contributed by atoms with van der Waals surface area (Å²) in [6, 6.07) is 10.9. The van der Waals surface area contributed by atoms with Crippen LogP contribution in [0.1, 0.15) is 40.2 Å². The van der Waals surface area contributed by atoms with Crippen LogP contribution in [0, 0.1) is 0 Å². The number of benzene rings is 1. The second-order valence-electron chi connectivity index (χ2n) is 9.69. The normalized spacial score (nSPS) is 29.1. The summed E-state index contributed by atoms with van der Waals surface area (Å²) in [5.41, 5.74) is 1.32. The molecule has 1 aromatic rings. The van der Waals surface area contributed by atoms with Gasteiger partial charge in [0.25, 0.3) is 0 Å². The minimum absolute atomic E-state index is 0.0819. The molecular formula is C21H35NO3Si. The summed E-state index contributed by atoms with van der Waals surface area (Å²) >= 11 is 0. The van der Waals surface area contributed by atoms with Crippen molar-refractivity contribution in [1.82, 2.24) is 4.90 Å². The van der Waals surface area contributed by atoms with Crippen molar-refractivity contribution in [2.45, 2.75) is 83.3 Å². The van der Waals surface area contributed by atoms with Crippen molar-refractivity contribution in [2.24, 2.45) is 0 Å². The zero-order chi connectivity index (χ0) is 19.2. The molecule has 3 rings (SSSR count). The number of hydrogen-bond acceptors (Lipinski definition) is 4. The molecule has 0 spiro atoms. The number of hydrogen-bond donors (Lipinski definition) is 0. The van der Waals surface area contributed by atoms with Crippen LogP contribution in [0.2, 0.25) is 18.1 Å². The van der Waals surface area contributed by atoms with E-state index >= 15 is 0 Å². The summed E-state index contributed by atoms with van der Waals surface area (Å²) in [6.45, 7) is 18.0. The molecule has 2 aliphatic heterocycles. The van der Waals surface area contributed by atoms with E-state index in [9.17, 15) is 0 Å². The van der Waals surface area contributed by atoms with Gasteiger partial charge < -0.3 is 13.9 Å². The first kappa shape index (κ1) is 20.0. The molecule has 4 nitrogen and oxygen atoms in total. The van der Waals surface area contributed by atoms with E-state index in [0.717, 1.165) is 13.1 Å². The third-order valence-corrected chi connectivity index (χ3v) is 10.6. The predicted octanol–water partition coefficient (Wildman–Crippen LogP) is 4.41. The van der Waals surface area contributed by atoms with E-state index in [1.807, 2.05) is 13.8 Å². The molecule has 0 amide bonds. The maximum absolute atomic E-state index is 6.58. The molecule has 0 unspecified atom stereocenters. The maximum Gasteiger partial charge on any atom is 0.192 e. The molecule has 0 aromatic heterocycles. The minimum Gasteiger partial charge on any atom is -0.415 e. The quantitative estimate of drug-likeness (QED) is 0.711. The first-order valence-electron chi connectivity index (χ1n) is 9.76. The van der Waals surface area contributed by atoms with E-state index in [1.54, 1.807) is 0 Å². The highest BCUT2D eigenvalue weighted by Crippen LogP contribution is 2.40. The molecule has 2 saturated heterocycles. The van der Waals surface area contributed by atoms with Gasteiger partial charge in [-0.05, 0) is 37.5 Å². The van der Waals surface area contributed by atoms with Gasteiger partial charge in [-0.1, -0.05) is 51.1 Å². The molecule has 26 heavy (non-hydrogen) atoms. The molecule has 2 heterocycles. The standard InChI is InChI=1S/C21H35NO3Si/c1-20(2,3)26(6,7)23-15-17-19-18(24-21(4,5)25-19)14-22(17)13-16-11-9-8-10-12-16/h8-12,17-19H,13-15H2,1-7H3/t17-,18+,19-/m1/s1. The van der Waals surface area contributed by atoms with E-state index in [1.165, 1.54) is 5.56 Å². The van der Waals surface area contributed by atoms with E-state index in [4.69, 9.17) is 13.9 Å². The van der Waals surface area contributed by atoms with Gasteiger partial charge in [0.1, 0.15) is 12.2 Å². The van der Waals surface area contributed by atoms with Gasteiger partial charge in [-0.2, -0.15) is 0 Å². The van der Waals surface area contributed by atoms with Crippen molar-refractivity contribution in [1.29, 1.82) is 0 Å². The lowest BCUT2D eigenvalue weighted by Crippen LogP contribution is -2.47. The maximum atomic E-state index is 6.58. The molecular weight excluding hydrogens is 342 g/mol. The van der Waals surface area contributed by atoms with Crippen LogP contribution >= 0.6 is 0 Å². The lowest BCUT2D eigenvalue weighted by atomic mass is 10.1. The molecule has 2 aliphatic rings. The third-order valence-electron chi connectivity index (χ3n) is 6.13. The van der Waals surface area contributed by atoms with Gasteiger partial charge in [0.05, 0.1) is 12.6 Å². The Labute approximate surface area is 159 Å². The third kappa shape index (κ3) is 4.23. The molecule has 0 radical (unpaired) electrons. The highest BCUT2D eigenvalue weighted by Gasteiger charge is 2.53. The Morgan fingerprint density at radius 1 is 1.15 bits per heavy atom. The molecule has 5 heteroatoms. The smallest absolute Gasteiger partial charge is 0.192 e. The van der Waals surface area contributed by atoms with Gasteiger partial charge in [0.2, 0.25) is 0 Å². The molecule has 0 saturated carbocycles. The summed E-state index contributed by atoms with van der Waals surface area (Å²) in [7, 11) is -1.80. The Morgan fingerprint density at radius 2 is 1.81 bits per heavy atom. The van der Waals surface area contributed by atoms with E-state index in [0.29, 0.717) is 6.61 Å². The Kier molecular flexibility index (Phi) is 5.41. The average molecular weight is 378 g/mol. The molecule has 0 aliphatic carbocycles. The van der Waals surface area contributed by atoms with E-state index in [2.05, 4.69) is 69.1 Å². The predicted molar refractivity (Wildman–Crippen MR) is 108 cm³/mol. The van der Waals surface area contributed by atoms with E-state index in [-0.39, 0.29) is 23.3 Å². The highest BCUT2D eigenvalue weighted by molar-refractivity contribution is 6.74. The monoisotopic (exact) mass is 377 g/mol. The van der Waals surface area contributed by atoms with Crippen LogP contribution in [0.5, 0.6) is 0 Å². The Balaban J connectivity index is 1.74. The topological polar surface area (TPSA) is 30.9 Å². The Morgan fingerprint density at radius 3 is 2.42 bits per heavy atom. The fraction of sp³-hybridized carbons (Fsp3) is 0.714. The number of ether oxygens (including phenoxy) is 2. The van der Waals surface area contributed by atoms with Crippen LogP contribution in [-0.2, 0) is 20.4 Å². The first-order valence-corrected chi connectivity index (χ1v) is 12.7. The lowest BCUT2D eigenvalue weighted by molar-refractivity contribution is -0.163. The minimum atomic E-state index is -1.80. The second kappa shape index (κ2) is 7.02. The summed E-state index contributed by atoms with van der Waals surface area (Å²) in [5, 5.41) is 0.210. The summed E-state index contributed by atoms with van der Waals surface area (Å²) in [5.74, 6) is -0.497. The number of rotatable bonds is 5. The van der Waals surface area contributed by atoms with Gasteiger partial charge >= 0.3 is 0 Å². The zero-order valence-electron chi connectivity index (χ0n) is 17.4. The second-order valence-corrected chi connectivity index (χ2v) is 14.5. The Bertz CT molecular complexity index is 611. The summed E-state index contributed by atoms with van der Waals surface area (Å²) in [6.07, 6.45) is 0.209. The number of nitrogens with zero attached hydrogens (tertiary/aromatic N) is 1. The van der Waals surface area contributed by atoms with Gasteiger partial charge in [0.15, 0.2) is 14.1 Å². The van der Waals surface area contributed by atoms with Crippen LogP contribution in [0.25, 0.3) is 0 Å². The molecule has 146 valence electrons. The molecule has 3 atom stereocenters.